The second-order valence-corrected chi connectivity index (χ2v) is 9.68. The number of fused-ring (bicyclic) bond motifs is 1. The summed E-state index contributed by atoms with van der Waals surface area (Å²) < 4.78 is 0. The van der Waals surface area contributed by atoms with Crippen molar-refractivity contribution < 1.29 is 5.11 Å². The molecular formula is C24H32N6O. The molecule has 1 aromatic heterocycles. The smallest absolute Gasteiger partial charge is 0.127 e. The van der Waals surface area contributed by atoms with E-state index in [0.29, 0.717) is 34.2 Å². The van der Waals surface area contributed by atoms with Crippen LogP contribution >= 0.6 is 0 Å². The molecule has 1 aliphatic heterocycles. The lowest BCUT2D eigenvalue weighted by molar-refractivity contribution is 0.0981. The molecule has 164 valence electrons. The van der Waals surface area contributed by atoms with Crippen LogP contribution in [0.15, 0.2) is 42.4 Å². The summed E-state index contributed by atoms with van der Waals surface area (Å²) in [6, 6.07) is 7.36. The number of piperidine rings is 1. The first-order chi connectivity index (χ1) is 14.4. The van der Waals surface area contributed by atoms with Gasteiger partial charge in [-0.25, -0.2) is 0 Å². The Bertz CT molecular complexity index is 1080. The molecule has 0 atom stereocenters. The number of hydrogen-bond acceptors (Lipinski definition) is 7. The number of rotatable bonds is 4. The minimum atomic E-state index is 0.0169. The first-order valence-electron chi connectivity index (χ1n) is 10.4. The SMILES string of the molecule is CN(/C(N)=C/C=C(\N)c1cc2cc(C#N)cnc2cc1O)C1CC(C)(C)NC(C)(C)C1. The Hall–Kier alpha value is -3.24. The Morgan fingerprint density at radius 2 is 1.84 bits per heavy atom. The number of benzene rings is 1. The van der Waals surface area contributed by atoms with E-state index in [9.17, 15) is 5.11 Å². The topological polar surface area (TPSA) is 124 Å². The predicted molar refractivity (Wildman–Crippen MR) is 125 cm³/mol. The lowest BCUT2D eigenvalue weighted by Crippen LogP contribution is -2.61. The number of aromatic hydroxyl groups is 1. The number of nitrogens with one attached hydrogen (secondary N) is 1. The van der Waals surface area contributed by atoms with Crippen LogP contribution in [0.5, 0.6) is 5.75 Å². The van der Waals surface area contributed by atoms with Crippen LogP contribution in [0.25, 0.3) is 16.6 Å². The summed E-state index contributed by atoms with van der Waals surface area (Å²) in [5.74, 6) is 0.635. The average Bonchev–Trinajstić information content (AvgIpc) is 2.67. The molecule has 0 unspecified atom stereocenters. The second kappa shape index (κ2) is 8.12. The van der Waals surface area contributed by atoms with Gasteiger partial charge in [0.15, 0.2) is 0 Å². The zero-order chi connectivity index (χ0) is 23.0. The number of pyridine rings is 1. The van der Waals surface area contributed by atoms with Crippen LogP contribution in [-0.2, 0) is 0 Å². The van der Waals surface area contributed by atoms with Crippen molar-refractivity contribution in [3.8, 4) is 11.8 Å². The van der Waals surface area contributed by atoms with Gasteiger partial charge in [0.05, 0.1) is 16.9 Å². The van der Waals surface area contributed by atoms with Crippen LogP contribution in [-0.4, -0.2) is 39.2 Å². The Labute approximate surface area is 184 Å². The quantitative estimate of drug-likeness (QED) is 0.560. The zero-order valence-corrected chi connectivity index (χ0v) is 18.9. The second-order valence-electron chi connectivity index (χ2n) is 9.68. The maximum absolute atomic E-state index is 10.4. The number of phenols is 1. The molecule has 1 fully saturated rings. The Morgan fingerprint density at radius 1 is 1.19 bits per heavy atom. The maximum Gasteiger partial charge on any atom is 0.127 e. The number of phenolic OH excluding ortho intramolecular Hbond substituents is 1. The third kappa shape index (κ3) is 5.09. The number of hydrogen-bond donors (Lipinski definition) is 4. The van der Waals surface area contributed by atoms with Crippen LogP contribution in [0.2, 0.25) is 0 Å². The average molecular weight is 421 g/mol. The molecule has 0 spiro atoms. The molecule has 0 amide bonds. The normalized spacial score (nSPS) is 19.2. The molecule has 2 heterocycles. The molecule has 31 heavy (non-hydrogen) atoms. The van der Waals surface area contributed by atoms with Gasteiger partial charge in [0, 0.05) is 53.1 Å². The summed E-state index contributed by atoms with van der Waals surface area (Å²) in [4.78, 5) is 6.29. The van der Waals surface area contributed by atoms with Gasteiger partial charge in [-0.3, -0.25) is 4.98 Å². The van der Waals surface area contributed by atoms with E-state index in [1.54, 1.807) is 30.4 Å². The van der Waals surface area contributed by atoms with Gasteiger partial charge >= 0.3 is 0 Å². The van der Waals surface area contributed by atoms with Crippen LogP contribution in [0.3, 0.4) is 0 Å². The lowest BCUT2D eigenvalue weighted by Gasteiger charge is -2.49. The van der Waals surface area contributed by atoms with Crippen molar-refractivity contribution in [2.45, 2.75) is 57.7 Å². The molecule has 1 saturated heterocycles. The summed E-state index contributed by atoms with van der Waals surface area (Å²) in [7, 11) is 2.00. The first-order valence-corrected chi connectivity index (χ1v) is 10.4. The van der Waals surface area contributed by atoms with E-state index < -0.39 is 0 Å². The summed E-state index contributed by atoms with van der Waals surface area (Å²) in [5.41, 5.74) is 14.6. The highest BCUT2D eigenvalue weighted by molar-refractivity contribution is 5.86. The van der Waals surface area contributed by atoms with Crippen LogP contribution < -0.4 is 16.8 Å². The van der Waals surface area contributed by atoms with Gasteiger partial charge in [-0.15, -0.1) is 0 Å². The highest BCUT2D eigenvalue weighted by atomic mass is 16.3. The van der Waals surface area contributed by atoms with Gasteiger partial charge in [0.2, 0.25) is 0 Å². The third-order valence-corrected chi connectivity index (χ3v) is 5.80. The molecule has 7 nitrogen and oxygen atoms in total. The monoisotopic (exact) mass is 420 g/mol. The minimum Gasteiger partial charge on any atom is -0.507 e. The van der Waals surface area contributed by atoms with Gasteiger partial charge in [-0.2, -0.15) is 5.26 Å². The van der Waals surface area contributed by atoms with Gasteiger partial charge in [-0.1, -0.05) is 0 Å². The highest BCUT2D eigenvalue weighted by Crippen LogP contribution is 2.32. The van der Waals surface area contributed by atoms with Gasteiger partial charge in [0.25, 0.3) is 0 Å². The van der Waals surface area contributed by atoms with E-state index in [2.05, 4.69) is 49.0 Å². The number of nitrogens with zero attached hydrogens (tertiary/aromatic N) is 3. The fourth-order valence-corrected chi connectivity index (χ4v) is 4.59. The predicted octanol–water partition coefficient (Wildman–Crippen LogP) is 3.15. The van der Waals surface area contributed by atoms with E-state index >= 15 is 0 Å². The molecule has 0 aliphatic carbocycles. The lowest BCUT2D eigenvalue weighted by atomic mass is 9.79. The maximum atomic E-state index is 10.4. The van der Waals surface area contributed by atoms with E-state index in [4.69, 9.17) is 16.7 Å². The standard InChI is InChI=1S/C24H32N6O/c1-23(2)11-17(12-24(3,4)29-23)30(5)22(27)7-6-19(26)18-9-16-8-15(13-25)14-28-20(16)10-21(18)31/h6-10,14,17,29,31H,11-12,26-27H2,1-5H3/b19-6-,22-7+. The van der Waals surface area contributed by atoms with E-state index in [1.807, 2.05) is 7.05 Å². The number of allylic oxidation sites excluding steroid dienone is 2. The van der Waals surface area contributed by atoms with Gasteiger partial charge in [0.1, 0.15) is 11.8 Å². The summed E-state index contributed by atoms with van der Waals surface area (Å²) >= 11 is 0. The molecule has 1 aromatic carbocycles. The summed E-state index contributed by atoms with van der Waals surface area (Å²) in [5, 5.41) is 23.9. The summed E-state index contributed by atoms with van der Waals surface area (Å²) in [6.45, 7) is 8.84. The zero-order valence-electron chi connectivity index (χ0n) is 18.9. The molecular weight excluding hydrogens is 388 g/mol. The summed E-state index contributed by atoms with van der Waals surface area (Å²) in [6.07, 6.45) is 6.89. The van der Waals surface area contributed by atoms with Crippen molar-refractivity contribution in [1.82, 2.24) is 15.2 Å². The van der Waals surface area contributed by atoms with Crippen molar-refractivity contribution in [2.24, 2.45) is 11.5 Å². The van der Waals surface area contributed by atoms with Crippen LogP contribution in [0.4, 0.5) is 0 Å². The highest BCUT2D eigenvalue weighted by Gasteiger charge is 2.39. The number of aromatic nitrogens is 1. The third-order valence-electron chi connectivity index (χ3n) is 5.80. The van der Waals surface area contributed by atoms with E-state index in [-0.39, 0.29) is 16.8 Å². The Balaban J connectivity index is 1.86. The minimum absolute atomic E-state index is 0.0169. The molecule has 6 N–H and O–H groups in total. The van der Waals surface area contributed by atoms with Crippen LogP contribution in [0.1, 0.15) is 51.7 Å². The molecule has 0 radical (unpaired) electrons. The van der Waals surface area contributed by atoms with Gasteiger partial charge in [-0.05, 0) is 64.8 Å². The van der Waals surface area contributed by atoms with Crippen LogP contribution in [0, 0.1) is 11.3 Å². The molecule has 0 bridgehead atoms. The Kier molecular flexibility index (Phi) is 5.88. The fourth-order valence-electron chi connectivity index (χ4n) is 4.59. The van der Waals surface area contributed by atoms with Crippen molar-refractivity contribution in [1.29, 1.82) is 5.26 Å². The molecule has 2 aromatic rings. The first kappa shape index (κ1) is 22.4. The molecule has 0 saturated carbocycles. The van der Waals surface area contributed by atoms with Gasteiger partial charge < -0.3 is 26.8 Å². The molecule has 1 aliphatic rings. The molecule has 7 heteroatoms. The van der Waals surface area contributed by atoms with Crippen molar-refractivity contribution in [3.05, 3.63) is 53.5 Å². The van der Waals surface area contributed by atoms with Crippen molar-refractivity contribution in [2.75, 3.05) is 7.05 Å². The number of nitrogens with two attached hydrogens (primary N) is 2. The van der Waals surface area contributed by atoms with Crippen molar-refractivity contribution in [3.63, 3.8) is 0 Å². The largest absolute Gasteiger partial charge is 0.507 e. The fraction of sp³-hybridized carbons (Fsp3) is 0.417. The Morgan fingerprint density at radius 3 is 2.45 bits per heavy atom. The number of nitriles is 1. The van der Waals surface area contributed by atoms with E-state index in [0.717, 1.165) is 18.2 Å². The van der Waals surface area contributed by atoms with Crippen molar-refractivity contribution >= 4 is 16.6 Å². The molecule has 3 rings (SSSR count). The van der Waals surface area contributed by atoms with E-state index in [1.165, 1.54) is 6.20 Å².